The van der Waals surface area contributed by atoms with Crippen molar-refractivity contribution < 1.29 is 9.59 Å². The number of rotatable bonds is 5. The fourth-order valence-electron chi connectivity index (χ4n) is 3.28. The summed E-state index contributed by atoms with van der Waals surface area (Å²) in [5.41, 5.74) is 1.60. The first-order valence-electron chi connectivity index (χ1n) is 9.27. The molecule has 0 bridgehead atoms. The lowest BCUT2D eigenvalue weighted by atomic mass is 10.0. The van der Waals surface area contributed by atoms with Crippen LogP contribution < -0.4 is 10.6 Å². The molecule has 0 spiro atoms. The molecule has 3 rings (SSSR count). The van der Waals surface area contributed by atoms with Crippen LogP contribution >= 0.6 is 11.6 Å². The summed E-state index contributed by atoms with van der Waals surface area (Å²) in [5, 5.41) is 6.14. The summed E-state index contributed by atoms with van der Waals surface area (Å²) in [6, 6.07) is 15.6. The van der Waals surface area contributed by atoms with Crippen molar-refractivity contribution >= 4 is 29.2 Å². The van der Waals surface area contributed by atoms with Crippen molar-refractivity contribution in [2.24, 2.45) is 0 Å². The molecule has 1 heterocycles. The summed E-state index contributed by atoms with van der Waals surface area (Å²) in [5.74, 6) is -0.0280. The van der Waals surface area contributed by atoms with Gasteiger partial charge >= 0.3 is 6.03 Å². The first-order valence-corrected chi connectivity index (χ1v) is 9.65. The quantitative estimate of drug-likeness (QED) is 0.814. The summed E-state index contributed by atoms with van der Waals surface area (Å²) in [6.07, 6.45) is 3.63. The Labute approximate surface area is 164 Å². The van der Waals surface area contributed by atoms with Gasteiger partial charge in [-0.05, 0) is 43.0 Å². The molecule has 6 heteroatoms. The Bertz CT molecular complexity index is 776. The number of anilines is 1. The standard InChI is InChI=1S/C21H24ClN3O2/c22-17-10-7-11-18(15-17)23-21(27)24-19(14-16-8-3-1-4-9-16)20(26)25-12-5-2-6-13-25/h1,3-4,7-11,15,19H,2,5-6,12-14H2,(H2,23,24,27)/t19-/m0/s1. The second kappa shape index (κ2) is 9.42. The van der Waals surface area contributed by atoms with Crippen LogP contribution in [0.4, 0.5) is 10.5 Å². The number of nitrogens with one attached hydrogen (secondary N) is 2. The van der Waals surface area contributed by atoms with E-state index < -0.39 is 12.1 Å². The molecule has 1 saturated heterocycles. The number of hydrogen-bond donors (Lipinski definition) is 2. The van der Waals surface area contributed by atoms with Crippen molar-refractivity contribution in [1.29, 1.82) is 0 Å². The number of halogens is 1. The summed E-state index contributed by atoms with van der Waals surface area (Å²) >= 11 is 5.96. The van der Waals surface area contributed by atoms with Gasteiger partial charge in [0, 0.05) is 30.2 Å². The number of nitrogens with zero attached hydrogens (tertiary/aromatic N) is 1. The van der Waals surface area contributed by atoms with Gasteiger partial charge in [-0.2, -0.15) is 0 Å². The van der Waals surface area contributed by atoms with E-state index in [9.17, 15) is 9.59 Å². The summed E-state index contributed by atoms with van der Waals surface area (Å²) < 4.78 is 0. The smallest absolute Gasteiger partial charge is 0.319 e. The lowest BCUT2D eigenvalue weighted by molar-refractivity contribution is -0.134. The zero-order chi connectivity index (χ0) is 19.1. The van der Waals surface area contributed by atoms with Crippen LogP contribution in [-0.2, 0) is 11.2 Å². The maximum atomic E-state index is 13.0. The molecule has 142 valence electrons. The molecule has 2 aromatic rings. The highest BCUT2D eigenvalue weighted by molar-refractivity contribution is 6.30. The van der Waals surface area contributed by atoms with Crippen molar-refractivity contribution in [2.75, 3.05) is 18.4 Å². The second-order valence-electron chi connectivity index (χ2n) is 6.74. The van der Waals surface area contributed by atoms with Crippen LogP contribution in [0.5, 0.6) is 0 Å². The van der Waals surface area contributed by atoms with Gasteiger partial charge in [0.25, 0.3) is 0 Å². The first-order chi connectivity index (χ1) is 13.1. The minimum atomic E-state index is -0.607. The van der Waals surface area contributed by atoms with Crippen LogP contribution in [0.3, 0.4) is 0 Å². The summed E-state index contributed by atoms with van der Waals surface area (Å²) in [4.78, 5) is 27.3. The molecule has 0 aliphatic carbocycles. The molecular weight excluding hydrogens is 362 g/mol. The maximum absolute atomic E-state index is 13.0. The number of carbonyl (C=O) groups is 2. The number of amides is 3. The van der Waals surface area contributed by atoms with E-state index in [1.165, 1.54) is 0 Å². The normalized spacial score (nSPS) is 15.1. The van der Waals surface area contributed by atoms with E-state index >= 15 is 0 Å². The van der Waals surface area contributed by atoms with E-state index in [1.807, 2.05) is 35.2 Å². The molecule has 2 N–H and O–H groups in total. The van der Waals surface area contributed by atoms with Crippen LogP contribution in [0, 0.1) is 0 Å². The number of likely N-dealkylation sites (tertiary alicyclic amines) is 1. The number of hydrogen-bond acceptors (Lipinski definition) is 2. The average molecular weight is 386 g/mol. The molecule has 3 amide bonds. The summed E-state index contributed by atoms with van der Waals surface area (Å²) in [7, 11) is 0. The van der Waals surface area contributed by atoms with Gasteiger partial charge in [0.15, 0.2) is 0 Å². The highest BCUT2D eigenvalue weighted by Crippen LogP contribution is 2.16. The van der Waals surface area contributed by atoms with Gasteiger partial charge in [-0.15, -0.1) is 0 Å². The predicted octanol–water partition coefficient (Wildman–Crippen LogP) is 4.09. The molecule has 27 heavy (non-hydrogen) atoms. The van der Waals surface area contributed by atoms with Crippen molar-refractivity contribution in [3.63, 3.8) is 0 Å². The third-order valence-corrected chi connectivity index (χ3v) is 4.87. The Hall–Kier alpha value is -2.53. The number of carbonyl (C=O) groups excluding carboxylic acids is 2. The van der Waals surface area contributed by atoms with Crippen LogP contribution in [0.15, 0.2) is 54.6 Å². The van der Waals surface area contributed by atoms with Crippen LogP contribution in [-0.4, -0.2) is 36.0 Å². The van der Waals surface area contributed by atoms with Gasteiger partial charge in [-0.1, -0.05) is 48.0 Å². The molecule has 0 aromatic heterocycles. The first kappa shape index (κ1) is 19.2. The number of piperidine rings is 1. The van der Waals surface area contributed by atoms with Gasteiger partial charge in [-0.25, -0.2) is 4.79 Å². The van der Waals surface area contributed by atoms with E-state index in [0.29, 0.717) is 17.1 Å². The zero-order valence-corrected chi connectivity index (χ0v) is 15.9. The van der Waals surface area contributed by atoms with Crippen molar-refractivity contribution in [1.82, 2.24) is 10.2 Å². The fraction of sp³-hybridized carbons (Fsp3) is 0.333. The Morgan fingerprint density at radius 1 is 1.00 bits per heavy atom. The van der Waals surface area contributed by atoms with E-state index in [4.69, 9.17) is 11.6 Å². The molecule has 5 nitrogen and oxygen atoms in total. The van der Waals surface area contributed by atoms with Crippen LogP contribution in [0.25, 0.3) is 0 Å². The van der Waals surface area contributed by atoms with Gasteiger partial charge in [-0.3, -0.25) is 4.79 Å². The van der Waals surface area contributed by atoms with Gasteiger partial charge < -0.3 is 15.5 Å². The molecule has 1 aliphatic rings. The Kier molecular flexibility index (Phi) is 6.71. The predicted molar refractivity (Wildman–Crippen MR) is 108 cm³/mol. The van der Waals surface area contributed by atoms with Gasteiger partial charge in [0.05, 0.1) is 0 Å². The molecule has 0 radical (unpaired) electrons. The van der Waals surface area contributed by atoms with Gasteiger partial charge in [0.1, 0.15) is 6.04 Å². The monoisotopic (exact) mass is 385 g/mol. The van der Waals surface area contributed by atoms with E-state index in [1.54, 1.807) is 24.3 Å². The second-order valence-corrected chi connectivity index (χ2v) is 7.17. The largest absolute Gasteiger partial charge is 0.341 e. The van der Waals surface area contributed by atoms with E-state index in [0.717, 1.165) is 37.9 Å². The number of benzene rings is 2. The van der Waals surface area contributed by atoms with Crippen molar-refractivity contribution in [2.45, 2.75) is 31.7 Å². The van der Waals surface area contributed by atoms with E-state index in [-0.39, 0.29) is 5.91 Å². The van der Waals surface area contributed by atoms with Crippen LogP contribution in [0.1, 0.15) is 24.8 Å². The van der Waals surface area contributed by atoms with E-state index in [2.05, 4.69) is 10.6 Å². The maximum Gasteiger partial charge on any atom is 0.319 e. The van der Waals surface area contributed by atoms with Gasteiger partial charge in [0.2, 0.25) is 5.91 Å². The lowest BCUT2D eigenvalue weighted by Gasteiger charge is -2.31. The third-order valence-electron chi connectivity index (χ3n) is 4.64. The molecular formula is C21H24ClN3O2. The Morgan fingerprint density at radius 2 is 1.74 bits per heavy atom. The van der Waals surface area contributed by atoms with Crippen molar-refractivity contribution in [3.8, 4) is 0 Å². The molecule has 1 aliphatic heterocycles. The van der Waals surface area contributed by atoms with Crippen molar-refractivity contribution in [3.05, 3.63) is 65.2 Å². The minimum Gasteiger partial charge on any atom is -0.341 e. The van der Waals surface area contributed by atoms with Crippen LogP contribution in [0.2, 0.25) is 5.02 Å². The lowest BCUT2D eigenvalue weighted by Crippen LogP contribution is -2.52. The zero-order valence-electron chi connectivity index (χ0n) is 15.2. The topological polar surface area (TPSA) is 61.4 Å². The molecule has 0 saturated carbocycles. The molecule has 2 aromatic carbocycles. The summed E-state index contributed by atoms with van der Waals surface area (Å²) in [6.45, 7) is 1.50. The highest BCUT2D eigenvalue weighted by Gasteiger charge is 2.27. The third kappa shape index (κ3) is 5.73. The molecule has 1 atom stereocenters. The highest BCUT2D eigenvalue weighted by atomic mass is 35.5. The Balaban J connectivity index is 1.70. The molecule has 0 unspecified atom stereocenters. The minimum absolute atomic E-state index is 0.0280. The molecule has 1 fully saturated rings. The SMILES string of the molecule is O=C(Nc1cccc(Cl)c1)N[C@@H](Cc1ccccc1)C(=O)N1CCCCC1. The fourth-order valence-corrected chi connectivity index (χ4v) is 3.47. The average Bonchev–Trinajstić information content (AvgIpc) is 2.68. The Morgan fingerprint density at radius 3 is 2.44 bits per heavy atom. The number of urea groups is 1.